The number of carbonyl (C=O) groups excluding carboxylic acids is 1. The number of Topliss-reactive ketones (excluding diaryl/α,β-unsaturated/α-hetero) is 1. The maximum Gasteiger partial charge on any atom is 0.261 e. The highest BCUT2D eigenvalue weighted by molar-refractivity contribution is 6.99. The molecule has 0 amide bonds. The minimum Gasteiger partial charge on any atom is -0.459 e. The van der Waals surface area contributed by atoms with Gasteiger partial charge in [0.15, 0.2) is 22.4 Å². The molecule has 234 valence electrons. The first-order chi connectivity index (χ1) is 20.5. The number of carbonyl (C=O) groups is 1. The van der Waals surface area contributed by atoms with Crippen LogP contribution in [0.3, 0.4) is 0 Å². The van der Waals surface area contributed by atoms with Crippen LogP contribution in [0.5, 0.6) is 0 Å². The summed E-state index contributed by atoms with van der Waals surface area (Å²) >= 11 is 0. The van der Waals surface area contributed by atoms with Crippen molar-refractivity contribution < 1.29 is 22.8 Å². The topological polar surface area (TPSA) is 54.0 Å². The van der Waals surface area contributed by atoms with Gasteiger partial charge in [0, 0.05) is 24.5 Å². The molecule has 0 bridgehead atoms. The van der Waals surface area contributed by atoms with E-state index in [1.165, 1.54) is 10.4 Å². The summed E-state index contributed by atoms with van der Waals surface area (Å²) in [6, 6.07) is 31.1. The predicted molar refractivity (Wildman–Crippen MR) is 187 cm³/mol. The number of benzene rings is 3. The molecule has 1 unspecified atom stereocenters. The molecule has 0 saturated heterocycles. The van der Waals surface area contributed by atoms with Crippen molar-refractivity contribution in [1.82, 2.24) is 0 Å². The lowest BCUT2D eigenvalue weighted by molar-refractivity contribution is -0.238. The van der Waals surface area contributed by atoms with Crippen LogP contribution in [0, 0.1) is 0 Å². The Kier molecular flexibility index (Phi) is 8.67. The molecule has 3 aromatic carbocycles. The van der Waals surface area contributed by atoms with Crippen molar-refractivity contribution in [2.45, 2.75) is 95.4 Å². The minimum atomic E-state index is -2.96. The van der Waals surface area contributed by atoms with Gasteiger partial charge in [-0.15, -0.1) is 0 Å². The second-order valence-electron chi connectivity index (χ2n) is 15.1. The van der Waals surface area contributed by atoms with Crippen molar-refractivity contribution in [3.05, 3.63) is 103 Å². The van der Waals surface area contributed by atoms with Gasteiger partial charge >= 0.3 is 0 Å². The molecule has 1 heterocycles. The van der Waals surface area contributed by atoms with E-state index in [0.717, 1.165) is 5.56 Å². The van der Waals surface area contributed by atoms with Crippen molar-refractivity contribution in [3.63, 3.8) is 0 Å². The first kappa shape index (κ1) is 32.8. The standard InChI is InChI=1S/C36H48O5Si3/c1-34(2,3)44(30-21-15-11-16-22-30,31-23-17-12-18-24-31)39-29-25-33(37)35(40-42(4,5)6)27-32(28-19-13-10-14-20-28)38-36(35,26-29)41-43(7,8)9/h10-24,27,29H,25-26H2,1-9H3/t29-,35+,36?/m0/s1. The van der Waals surface area contributed by atoms with Gasteiger partial charge in [-0.2, -0.15) is 0 Å². The largest absolute Gasteiger partial charge is 0.459 e. The van der Waals surface area contributed by atoms with Crippen LogP contribution in [0.1, 0.15) is 39.2 Å². The number of ketones is 1. The monoisotopic (exact) mass is 644 g/mol. The van der Waals surface area contributed by atoms with Crippen molar-refractivity contribution in [2.75, 3.05) is 0 Å². The number of hydrogen-bond donors (Lipinski definition) is 0. The molecule has 0 aromatic heterocycles. The number of rotatable bonds is 9. The first-order valence-corrected chi connectivity index (χ1v) is 24.4. The lowest BCUT2D eigenvalue weighted by atomic mass is 9.77. The Morgan fingerprint density at radius 3 is 1.66 bits per heavy atom. The van der Waals surface area contributed by atoms with Gasteiger partial charge in [-0.05, 0) is 54.7 Å². The third kappa shape index (κ3) is 6.12. The van der Waals surface area contributed by atoms with Crippen LogP contribution in [-0.4, -0.2) is 48.2 Å². The van der Waals surface area contributed by atoms with Crippen LogP contribution >= 0.6 is 0 Å². The zero-order valence-corrected chi connectivity index (χ0v) is 30.8. The second kappa shape index (κ2) is 11.6. The quantitative estimate of drug-likeness (QED) is 0.226. The summed E-state index contributed by atoms with van der Waals surface area (Å²) in [7, 11) is -7.53. The zero-order valence-electron chi connectivity index (χ0n) is 27.8. The molecule has 0 N–H and O–H groups in total. The van der Waals surface area contributed by atoms with E-state index in [1.54, 1.807) is 0 Å². The molecule has 0 spiro atoms. The Bertz CT molecular complexity index is 1450. The molecule has 1 fully saturated rings. The maximum atomic E-state index is 14.8. The molecule has 44 heavy (non-hydrogen) atoms. The van der Waals surface area contributed by atoms with E-state index < -0.39 is 42.4 Å². The third-order valence-electron chi connectivity index (χ3n) is 8.26. The molecule has 3 aromatic rings. The lowest BCUT2D eigenvalue weighted by Crippen LogP contribution is -2.72. The molecule has 1 saturated carbocycles. The molecular formula is C36H48O5Si3. The van der Waals surface area contributed by atoms with Crippen LogP contribution in [0.25, 0.3) is 5.76 Å². The molecule has 1 aliphatic heterocycles. The van der Waals surface area contributed by atoms with Gasteiger partial charge in [0.2, 0.25) is 11.4 Å². The summed E-state index contributed by atoms with van der Waals surface area (Å²) in [5.41, 5.74) is -0.454. The van der Waals surface area contributed by atoms with Crippen LogP contribution in [0.15, 0.2) is 97.1 Å². The van der Waals surface area contributed by atoms with Crippen LogP contribution in [-0.2, 0) is 22.8 Å². The van der Waals surface area contributed by atoms with Crippen molar-refractivity contribution >= 4 is 46.9 Å². The highest BCUT2D eigenvalue weighted by atomic mass is 28.4. The lowest BCUT2D eigenvalue weighted by Gasteiger charge is -2.53. The van der Waals surface area contributed by atoms with Gasteiger partial charge < -0.3 is 18.0 Å². The molecule has 2 aliphatic rings. The van der Waals surface area contributed by atoms with Gasteiger partial charge in [-0.3, -0.25) is 4.79 Å². The number of hydrogen-bond acceptors (Lipinski definition) is 5. The van der Waals surface area contributed by atoms with Crippen molar-refractivity contribution in [2.24, 2.45) is 0 Å². The molecule has 0 radical (unpaired) electrons. The van der Waals surface area contributed by atoms with E-state index >= 15 is 0 Å². The first-order valence-electron chi connectivity index (χ1n) is 15.7. The Balaban J connectivity index is 1.68. The normalized spacial score (nSPS) is 24.4. The van der Waals surface area contributed by atoms with E-state index in [0.29, 0.717) is 12.2 Å². The summed E-state index contributed by atoms with van der Waals surface area (Å²) in [4.78, 5) is 14.8. The Labute approximate surface area is 267 Å². The fraction of sp³-hybridized carbons (Fsp3) is 0.417. The van der Waals surface area contributed by atoms with Crippen LogP contribution < -0.4 is 10.4 Å². The van der Waals surface area contributed by atoms with Gasteiger partial charge in [0.1, 0.15) is 5.76 Å². The van der Waals surface area contributed by atoms with E-state index in [-0.39, 0.29) is 17.2 Å². The predicted octanol–water partition coefficient (Wildman–Crippen LogP) is 7.50. The van der Waals surface area contributed by atoms with Crippen LogP contribution in [0.2, 0.25) is 44.3 Å². The van der Waals surface area contributed by atoms with E-state index in [1.807, 2.05) is 48.5 Å². The molecular weight excluding hydrogens is 597 g/mol. The third-order valence-corrected chi connectivity index (χ3v) is 15.2. The highest BCUT2D eigenvalue weighted by Crippen LogP contribution is 2.54. The molecule has 1 aliphatic carbocycles. The summed E-state index contributed by atoms with van der Waals surface area (Å²) in [5, 5.41) is 2.12. The Morgan fingerprint density at radius 1 is 0.727 bits per heavy atom. The molecule has 5 rings (SSSR count). The zero-order chi connectivity index (χ0) is 32.0. The van der Waals surface area contributed by atoms with Gasteiger partial charge in [0.05, 0.1) is 6.10 Å². The highest BCUT2D eigenvalue weighted by Gasteiger charge is 2.69. The average Bonchev–Trinajstić information content (AvgIpc) is 3.24. The molecule has 5 nitrogen and oxygen atoms in total. The minimum absolute atomic E-state index is 0.0433. The molecule has 3 atom stereocenters. The summed E-state index contributed by atoms with van der Waals surface area (Å²) in [5.74, 6) is -0.756. The van der Waals surface area contributed by atoms with Crippen molar-refractivity contribution in [1.29, 1.82) is 0 Å². The SMILES string of the molecule is CC(C)(C)[Si](O[C@H]1CC(=O)[C@]2(O[Si](C)(C)C)C=C(c3ccccc3)OC2(O[Si](C)(C)C)C1)(c1ccccc1)c1ccccc1. The van der Waals surface area contributed by atoms with Crippen molar-refractivity contribution in [3.8, 4) is 0 Å². The van der Waals surface area contributed by atoms with Gasteiger partial charge in [-0.25, -0.2) is 0 Å². The molecule has 8 heteroatoms. The second-order valence-corrected chi connectivity index (χ2v) is 28.2. The smallest absolute Gasteiger partial charge is 0.261 e. The van der Waals surface area contributed by atoms with E-state index in [4.69, 9.17) is 18.0 Å². The summed E-state index contributed by atoms with van der Waals surface area (Å²) in [6.07, 6.45) is 2.08. The number of fused-ring (bicyclic) bond motifs is 1. The number of ether oxygens (including phenoxy) is 1. The maximum absolute atomic E-state index is 14.8. The summed E-state index contributed by atoms with van der Waals surface area (Å²) in [6.45, 7) is 19.6. The van der Waals surface area contributed by atoms with Gasteiger partial charge in [-0.1, -0.05) is 112 Å². The van der Waals surface area contributed by atoms with Crippen LogP contribution in [0.4, 0.5) is 0 Å². The van der Waals surface area contributed by atoms with Gasteiger partial charge in [0.25, 0.3) is 8.32 Å². The van der Waals surface area contributed by atoms with E-state index in [9.17, 15) is 4.79 Å². The Hall–Kier alpha value is -2.60. The fourth-order valence-electron chi connectivity index (χ4n) is 6.84. The Morgan fingerprint density at radius 2 is 1.20 bits per heavy atom. The van der Waals surface area contributed by atoms with E-state index in [2.05, 4.69) is 109 Å². The fourth-order valence-corrected chi connectivity index (χ4v) is 14.1. The summed E-state index contributed by atoms with van der Waals surface area (Å²) < 4.78 is 28.6. The average molecular weight is 645 g/mol.